The third kappa shape index (κ3) is 2.89. The van der Waals surface area contributed by atoms with E-state index in [9.17, 15) is 8.42 Å². The molecule has 0 atom stereocenters. The lowest BCUT2D eigenvalue weighted by Gasteiger charge is -2.09. The zero-order valence-corrected chi connectivity index (χ0v) is 12.8. The number of sulfone groups is 1. The van der Waals surface area contributed by atoms with Gasteiger partial charge in [-0.15, -0.1) is 0 Å². The molecule has 22 heavy (non-hydrogen) atoms. The number of pyridine rings is 2. The van der Waals surface area contributed by atoms with Gasteiger partial charge in [0.2, 0.25) is 0 Å². The summed E-state index contributed by atoms with van der Waals surface area (Å²) in [4.78, 5) is 8.88. The molecule has 0 aliphatic rings. The second-order valence-corrected chi connectivity index (χ2v) is 6.95. The zero-order valence-electron chi connectivity index (χ0n) is 12.0. The highest BCUT2D eigenvalue weighted by atomic mass is 32.2. The second-order valence-electron chi connectivity index (χ2n) is 4.94. The highest BCUT2D eigenvalue weighted by Crippen LogP contribution is 2.30. The van der Waals surface area contributed by atoms with Crippen molar-refractivity contribution < 1.29 is 8.42 Å². The van der Waals surface area contributed by atoms with Gasteiger partial charge in [-0.2, -0.15) is 0 Å². The predicted molar refractivity (Wildman–Crippen MR) is 86.0 cm³/mol. The van der Waals surface area contributed by atoms with Gasteiger partial charge in [-0.25, -0.2) is 8.42 Å². The van der Waals surface area contributed by atoms with Crippen LogP contribution in [0.2, 0.25) is 0 Å². The van der Waals surface area contributed by atoms with E-state index in [1.54, 1.807) is 42.9 Å². The molecule has 0 N–H and O–H groups in total. The molecule has 0 aliphatic heterocycles. The van der Waals surface area contributed by atoms with Crippen LogP contribution in [0.15, 0.2) is 72.0 Å². The van der Waals surface area contributed by atoms with Crippen LogP contribution >= 0.6 is 0 Å². The van der Waals surface area contributed by atoms with Gasteiger partial charge in [-0.3, -0.25) is 9.97 Å². The van der Waals surface area contributed by atoms with E-state index in [2.05, 4.69) is 9.97 Å². The van der Waals surface area contributed by atoms with Crippen LogP contribution in [0.3, 0.4) is 0 Å². The Kier molecular flexibility index (Phi) is 3.73. The minimum absolute atomic E-state index is 0.301. The number of nitrogens with zero attached hydrogens (tertiary/aromatic N) is 2. The van der Waals surface area contributed by atoms with Crippen LogP contribution in [0.5, 0.6) is 0 Å². The maximum Gasteiger partial charge on any atom is 0.175 e. The van der Waals surface area contributed by atoms with Crippen molar-refractivity contribution in [2.24, 2.45) is 0 Å². The highest BCUT2D eigenvalue weighted by Gasteiger charge is 2.11. The quantitative estimate of drug-likeness (QED) is 0.745. The molecule has 0 fully saturated rings. The van der Waals surface area contributed by atoms with Gasteiger partial charge in [-0.1, -0.05) is 24.3 Å². The molecule has 0 amide bonds. The normalized spacial score (nSPS) is 11.3. The third-order valence-electron chi connectivity index (χ3n) is 3.34. The summed E-state index contributed by atoms with van der Waals surface area (Å²) in [7, 11) is -3.19. The van der Waals surface area contributed by atoms with E-state index in [0.29, 0.717) is 4.90 Å². The summed E-state index contributed by atoms with van der Waals surface area (Å²) < 4.78 is 23.1. The summed E-state index contributed by atoms with van der Waals surface area (Å²) >= 11 is 0. The molecule has 2 aromatic heterocycles. The largest absolute Gasteiger partial charge is 0.264 e. The molecule has 4 nitrogen and oxygen atoms in total. The lowest BCUT2D eigenvalue weighted by Crippen LogP contribution is -1.96. The van der Waals surface area contributed by atoms with Crippen molar-refractivity contribution in [3.63, 3.8) is 0 Å². The minimum Gasteiger partial charge on any atom is -0.264 e. The third-order valence-corrected chi connectivity index (χ3v) is 4.46. The molecule has 0 spiro atoms. The predicted octanol–water partition coefficient (Wildman–Crippen LogP) is 3.21. The van der Waals surface area contributed by atoms with Crippen LogP contribution in [0.25, 0.3) is 22.4 Å². The van der Waals surface area contributed by atoms with Crippen LogP contribution in [0, 0.1) is 0 Å². The molecule has 0 unspecified atom stereocenters. The summed E-state index contributed by atoms with van der Waals surface area (Å²) in [5.74, 6) is 0. The maximum absolute atomic E-state index is 11.5. The van der Waals surface area contributed by atoms with Crippen LogP contribution < -0.4 is 0 Å². The summed E-state index contributed by atoms with van der Waals surface area (Å²) in [5, 5.41) is 0. The molecule has 3 aromatic rings. The lowest BCUT2D eigenvalue weighted by molar-refractivity contribution is 0.602. The minimum atomic E-state index is -3.19. The Hall–Kier alpha value is -2.53. The second kappa shape index (κ2) is 5.69. The van der Waals surface area contributed by atoms with Crippen molar-refractivity contribution in [2.75, 3.05) is 6.26 Å². The van der Waals surface area contributed by atoms with E-state index in [0.717, 1.165) is 22.4 Å². The first kappa shape index (κ1) is 14.4. The fourth-order valence-corrected chi connectivity index (χ4v) is 2.88. The fourth-order valence-electron chi connectivity index (χ4n) is 2.25. The monoisotopic (exact) mass is 310 g/mol. The average Bonchev–Trinajstić information content (AvgIpc) is 2.55. The van der Waals surface area contributed by atoms with Gasteiger partial charge in [0.15, 0.2) is 9.84 Å². The van der Waals surface area contributed by atoms with E-state index < -0.39 is 9.84 Å². The van der Waals surface area contributed by atoms with Gasteiger partial charge in [-0.05, 0) is 24.3 Å². The molecule has 1 aromatic carbocycles. The Balaban J connectivity index is 2.10. The first-order valence-corrected chi connectivity index (χ1v) is 8.61. The first-order chi connectivity index (χ1) is 10.6. The summed E-state index contributed by atoms with van der Waals surface area (Å²) in [6.45, 7) is 0. The van der Waals surface area contributed by atoms with Crippen molar-refractivity contribution in [3.8, 4) is 22.4 Å². The van der Waals surface area contributed by atoms with Crippen molar-refractivity contribution in [3.05, 3.63) is 67.1 Å². The molecule has 0 radical (unpaired) electrons. The Labute approximate surface area is 129 Å². The van der Waals surface area contributed by atoms with Gasteiger partial charge in [0, 0.05) is 41.5 Å². The molecule has 0 aliphatic carbocycles. The fraction of sp³-hybridized carbons (Fsp3) is 0.0588. The van der Waals surface area contributed by atoms with Crippen LogP contribution in [-0.2, 0) is 9.84 Å². The highest BCUT2D eigenvalue weighted by molar-refractivity contribution is 7.90. The molecule has 5 heteroatoms. The average molecular weight is 310 g/mol. The van der Waals surface area contributed by atoms with Gasteiger partial charge >= 0.3 is 0 Å². The van der Waals surface area contributed by atoms with Gasteiger partial charge < -0.3 is 0 Å². The number of aromatic nitrogens is 2. The summed E-state index contributed by atoms with van der Waals surface area (Å²) in [5.41, 5.74) is 3.60. The Morgan fingerprint density at radius 2 is 1.59 bits per heavy atom. The van der Waals surface area contributed by atoms with Crippen molar-refractivity contribution >= 4 is 9.84 Å². The molecular weight excluding hydrogens is 296 g/mol. The molecule has 2 heterocycles. The maximum atomic E-state index is 11.5. The molecule has 0 bridgehead atoms. The standard InChI is InChI=1S/C17H14N2O2S/c1-22(20,21)15-8-6-13(7-9-15)17-16(5-3-11-19-17)14-4-2-10-18-12-14/h2-12H,1H3. The van der Waals surface area contributed by atoms with Crippen LogP contribution in [0.1, 0.15) is 0 Å². The van der Waals surface area contributed by atoms with E-state index in [-0.39, 0.29) is 0 Å². The zero-order chi connectivity index (χ0) is 15.6. The lowest BCUT2D eigenvalue weighted by atomic mass is 10.0. The van der Waals surface area contributed by atoms with Crippen LogP contribution in [0.4, 0.5) is 0 Å². The molecule has 3 rings (SSSR count). The Morgan fingerprint density at radius 3 is 2.23 bits per heavy atom. The molecule has 0 saturated heterocycles. The first-order valence-electron chi connectivity index (χ1n) is 6.71. The SMILES string of the molecule is CS(=O)(=O)c1ccc(-c2ncccc2-c2cccnc2)cc1. The van der Waals surface area contributed by atoms with Crippen molar-refractivity contribution in [1.29, 1.82) is 0 Å². The van der Waals surface area contributed by atoms with E-state index in [4.69, 9.17) is 0 Å². The van der Waals surface area contributed by atoms with Gasteiger partial charge in [0.05, 0.1) is 10.6 Å². The van der Waals surface area contributed by atoms with Crippen molar-refractivity contribution in [2.45, 2.75) is 4.90 Å². The number of benzene rings is 1. The van der Waals surface area contributed by atoms with E-state index in [1.807, 2.05) is 24.3 Å². The summed E-state index contributed by atoms with van der Waals surface area (Å²) in [6, 6.07) is 14.5. The number of hydrogen-bond acceptors (Lipinski definition) is 4. The topological polar surface area (TPSA) is 59.9 Å². The Morgan fingerprint density at radius 1 is 0.864 bits per heavy atom. The molecular formula is C17H14N2O2S. The van der Waals surface area contributed by atoms with Crippen LogP contribution in [-0.4, -0.2) is 24.6 Å². The molecule has 110 valence electrons. The van der Waals surface area contributed by atoms with Gasteiger partial charge in [0.1, 0.15) is 0 Å². The van der Waals surface area contributed by atoms with E-state index >= 15 is 0 Å². The number of hydrogen-bond donors (Lipinski definition) is 0. The van der Waals surface area contributed by atoms with Crippen molar-refractivity contribution in [1.82, 2.24) is 9.97 Å². The number of rotatable bonds is 3. The molecule has 0 saturated carbocycles. The Bertz CT molecular complexity index is 889. The van der Waals surface area contributed by atoms with Gasteiger partial charge in [0.25, 0.3) is 0 Å². The smallest absolute Gasteiger partial charge is 0.175 e. The van der Waals surface area contributed by atoms with E-state index in [1.165, 1.54) is 6.26 Å². The summed E-state index contributed by atoms with van der Waals surface area (Å²) in [6.07, 6.45) is 6.43.